The van der Waals surface area contributed by atoms with Crippen molar-refractivity contribution in [2.75, 3.05) is 45.0 Å². The molecule has 3 aliphatic rings. The first-order chi connectivity index (χ1) is 23.2. The minimum atomic E-state index is -0.450. The van der Waals surface area contributed by atoms with Crippen LogP contribution in [0.5, 0.6) is 11.5 Å². The number of hydrogen-bond acceptors (Lipinski definition) is 9. The third kappa shape index (κ3) is 7.12. The summed E-state index contributed by atoms with van der Waals surface area (Å²) >= 11 is 0. The van der Waals surface area contributed by atoms with Crippen molar-refractivity contribution in [3.63, 3.8) is 0 Å². The van der Waals surface area contributed by atoms with Gasteiger partial charge in [0, 0.05) is 43.8 Å². The molecule has 3 aliphatic heterocycles. The summed E-state index contributed by atoms with van der Waals surface area (Å²) in [6.07, 6.45) is 7.84. The zero-order valence-electron chi connectivity index (χ0n) is 28.4. The second-order valence-electron chi connectivity index (χ2n) is 14.4. The van der Waals surface area contributed by atoms with Crippen LogP contribution in [0.1, 0.15) is 65.3 Å². The second-order valence-corrected chi connectivity index (χ2v) is 14.4. The summed E-state index contributed by atoms with van der Waals surface area (Å²) in [4.78, 5) is 28.7. The van der Waals surface area contributed by atoms with Crippen LogP contribution < -0.4 is 10.5 Å². The third-order valence-electron chi connectivity index (χ3n) is 10.1. The second kappa shape index (κ2) is 13.7. The normalized spacial score (nSPS) is 19.5. The van der Waals surface area contributed by atoms with Gasteiger partial charge in [0.25, 0.3) is 0 Å². The number of rotatable bonds is 6. The molecule has 254 valence electrons. The van der Waals surface area contributed by atoms with E-state index >= 15 is 0 Å². The molecule has 4 aromatic rings. The van der Waals surface area contributed by atoms with Crippen LogP contribution in [-0.4, -0.2) is 97.5 Å². The highest BCUT2D eigenvalue weighted by Crippen LogP contribution is 2.36. The van der Waals surface area contributed by atoms with Gasteiger partial charge in [-0.25, -0.2) is 19.4 Å². The minimum Gasteiger partial charge on any atom is -0.457 e. The van der Waals surface area contributed by atoms with E-state index in [1.807, 2.05) is 80.3 Å². The van der Waals surface area contributed by atoms with Crippen molar-refractivity contribution in [1.82, 2.24) is 34.4 Å². The molecule has 0 radical (unpaired) electrons. The lowest BCUT2D eigenvalue weighted by molar-refractivity contribution is 0.00867. The molecule has 0 saturated carbocycles. The standard InChI is InChI=1S/C37H48N8O3/c1-37(2,3)48-36(46)44-23-15-28(16-24-44)42-19-13-27(14-20-42)43-21-17-29(18-22-43)45-35-32(34(38)39-25-40-35)33(41-45)26-9-11-31(12-10-26)47-30-7-5-4-6-8-30/h4-12,25,27-29H,13-24H2,1-3H3,(H2,38,39,40). The lowest BCUT2D eigenvalue weighted by atomic mass is 9.95. The summed E-state index contributed by atoms with van der Waals surface area (Å²) in [6, 6.07) is 19.2. The van der Waals surface area contributed by atoms with E-state index in [2.05, 4.69) is 24.4 Å². The number of fused-ring (bicyclic) bond motifs is 1. The first-order valence-corrected chi connectivity index (χ1v) is 17.5. The van der Waals surface area contributed by atoms with Crippen molar-refractivity contribution < 1.29 is 14.3 Å². The lowest BCUT2D eigenvalue weighted by Crippen LogP contribution is -2.53. The van der Waals surface area contributed by atoms with Gasteiger partial charge in [-0.1, -0.05) is 18.2 Å². The number of ether oxygens (including phenoxy) is 2. The molecule has 2 aromatic carbocycles. The molecule has 0 bridgehead atoms. The number of hydrogen-bond donors (Lipinski definition) is 1. The van der Waals surface area contributed by atoms with Gasteiger partial charge < -0.3 is 29.9 Å². The van der Waals surface area contributed by atoms with Crippen molar-refractivity contribution in [2.45, 2.75) is 83.0 Å². The smallest absolute Gasteiger partial charge is 0.410 e. The molecule has 2 N–H and O–H groups in total. The van der Waals surface area contributed by atoms with Crippen molar-refractivity contribution in [2.24, 2.45) is 0 Å². The number of para-hydroxylation sites is 1. The van der Waals surface area contributed by atoms with Gasteiger partial charge >= 0.3 is 6.09 Å². The van der Waals surface area contributed by atoms with E-state index in [4.69, 9.17) is 20.3 Å². The predicted molar refractivity (Wildman–Crippen MR) is 187 cm³/mol. The van der Waals surface area contributed by atoms with E-state index in [9.17, 15) is 4.79 Å². The van der Waals surface area contributed by atoms with E-state index in [1.165, 1.54) is 12.8 Å². The van der Waals surface area contributed by atoms with E-state index in [-0.39, 0.29) is 12.1 Å². The third-order valence-corrected chi connectivity index (χ3v) is 10.1. The number of piperidine rings is 3. The van der Waals surface area contributed by atoms with E-state index in [0.29, 0.717) is 17.9 Å². The Balaban J connectivity index is 0.946. The van der Waals surface area contributed by atoms with Gasteiger partial charge in [0.15, 0.2) is 5.65 Å². The first kappa shape index (κ1) is 32.3. The summed E-state index contributed by atoms with van der Waals surface area (Å²) in [6.45, 7) is 11.7. The number of benzene rings is 2. The Morgan fingerprint density at radius 2 is 1.31 bits per heavy atom. The number of nitrogens with zero attached hydrogens (tertiary/aromatic N) is 7. The average Bonchev–Trinajstić information content (AvgIpc) is 3.50. The molecule has 7 rings (SSSR count). The van der Waals surface area contributed by atoms with Crippen LogP contribution in [0.25, 0.3) is 22.3 Å². The Hall–Kier alpha value is -4.22. The zero-order valence-corrected chi connectivity index (χ0v) is 28.4. The van der Waals surface area contributed by atoms with Crippen LogP contribution in [0, 0.1) is 0 Å². The van der Waals surface area contributed by atoms with Crippen molar-refractivity contribution >= 4 is 22.9 Å². The maximum absolute atomic E-state index is 12.5. The molecule has 5 heterocycles. The number of carbonyl (C=O) groups excluding carboxylic acids is 1. The van der Waals surface area contributed by atoms with E-state index < -0.39 is 5.60 Å². The largest absolute Gasteiger partial charge is 0.457 e. The highest BCUT2D eigenvalue weighted by molar-refractivity contribution is 5.98. The van der Waals surface area contributed by atoms with E-state index in [1.54, 1.807) is 6.33 Å². The van der Waals surface area contributed by atoms with Gasteiger partial charge in [0.2, 0.25) is 0 Å². The fourth-order valence-electron chi connectivity index (χ4n) is 7.61. The van der Waals surface area contributed by atoms with Crippen LogP contribution in [0.15, 0.2) is 60.9 Å². The van der Waals surface area contributed by atoms with Gasteiger partial charge in [-0.05, 0) is 109 Å². The van der Waals surface area contributed by atoms with Crippen LogP contribution >= 0.6 is 0 Å². The fourth-order valence-corrected chi connectivity index (χ4v) is 7.61. The quantitative estimate of drug-likeness (QED) is 0.254. The number of amides is 1. The van der Waals surface area contributed by atoms with Crippen LogP contribution in [0.4, 0.5) is 10.6 Å². The molecule has 1 amide bonds. The summed E-state index contributed by atoms with van der Waals surface area (Å²) in [5, 5.41) is 5.93. The molecule has 3 saturated heterocycles. The lowest BCUT2D eigenvalue weighted by Gasteiger charge is -2.45. The maximum atomic E-state index is 12.5. The van der Waals surface area contributed by atoms with Crippen LogP contribution in [0.2, 0.25) is 0 Å². The highest BCUT2D eigenvalue weighted by atomic mass is 16.6. The molecule has 48 heavy (non-hydrogen) atoms. The Morgan fingerprint density at radius 1 is 0.750 bits per heavy atom. The molecule has 0 aliphatic carbocycles. The number of aromatic nitrogens is 4. The van der Waals surface area contributed by atoms with Crippen molar-refractivity contribution in [3.8, 4) is 22.8 Å². The minimum absolute atomic E-state index is 0.179. The molecule has 3 fully saturated rings. The van der Waals surface area contributed by atoms with Gasteiger partial charge in [-0.15, -0.1) is 0 Å². The molecule has 0 atom stereocenters. The maximum Gasteiger partial charge on any atom is 0.410 e. The SMILES string of the molecule is CC(C)(C)OC(=O)N1CCC(N2CCC(N3CCC(n4nc(-c5ccc(Oc6ccccc6)cc5)c5c(N)ncnc54)CC3)CC2)CC1. The zero-order chi connectivity index (χ0) is 33.3. The highest BCUT2D eigenvalue weighted by Gasteiger charge is 2.34. The van der Waals surface area contributed by atoms with Crippen LogP contribution in [-0.2, 0) is 4.74 Å². The Labute approximate surface area is 283 Å². The van der Waals surface area contributed by atoms with Crippen molar-refractivity contribution in [1.29, 1.82) is 0 Å². The predicted octanol–water partition coefficient (Wildman–Crippen LogP) is 6.37. The summed E-state index contributed by atoms with van der Waals surface area (Å²) in [7, 11) is 0. The molecular weight excluding hydrogens is 604 g/mol. The van der Waals surface area contributed by atoms with Gasteiger partial charge in [0.1, 0.15) is 34.9 Å². The van der Waals surface area contributed by atoms with Crippen LogP contribution in [0.3, 0.4) is 0 Å². The Morgan fingerprint density at radius 3 is 1.92 bits per heavy atom. The van der Waals surface area contributed by atoms with Crippen molar-refractivity contribution in [3.05, 3.63) is 60.9 Å². The summed E-state index contributed by atoms with van der Waals surface area (Å²) in [5.74, 6) is 2.01. The number of anilines is 1. The topological polar surface area (TPSA) is 115 Å². The summed E-state index contributed by atoms with van der Waals surface area (Å²) in [5.41, 5.74) is 8.54. The van der Waals surface area contributed by atoms with Gasteiger partial charge in [0.05, 0.1) is 11.4 Å². The Kier molecular flexibility index (Phi) is 9.24. The molecule has 11 heteroatoms. The van der Waals surface area contributed by atoms with E-state index in [0.717, 1.165) is 98.7 Å². The average molecular weight is 653 g/mol. The monoisotopic (exact) mass is 652 g/mol. The van der Waals surface area contributed by atoms with Gasteiger partial charge in [-0.2, -0.15) is 5.10 Å². The number of likely N-dealkylation sites (tertiary alicyclic amines) is 3. The molecule has 11 nitrogen and oxygen atoms in total. The number of carbonyl (C=O) groups is 1. The Bertz CT molecular complexity index is 1680. The number of nitrogen functional groups attached to an aromatic ring is 1. The molecule has 2 aromatic heterocycles. The molecule has 0 unspecified atom stereocenters. The summed E-state index contributed by atoms with van der Waals surface area (Å²) < 4.78 is 13.7. The number of nitrogens with two attached hydrogens (primary N) is 1. The van der Waals surface area contributed by atoms with Gasteiger partial charge in [-0.3, -0.25) is 0 Å². The molecule has 0 spiro atoms. The first-order valence-electron chi connectivity index (χ1n) is 17.5. The molecular formula is C37H48N8O3. The fraction of sp³-hybridized carbons (Fsp3) is 0.514.